The van der Waals surface area contributed by atoms with Gasteiger partial charge in [0.2, 0.25) is 0 Å². The Balaban J connectivity index is 1.99. The number of ether oxygens (including phenoxy) is 1. The Morgan fingerprint density at radius 1 is 1.58 bits per heavy atom. The summed E-state index contributed by atoms with van der Waals surface area (Å²) in [4.78, 5) is 19.3. The summed E-state index contributed by atoms with van der Waals surface area (Å²) >= 11 is 1.67. The number of nitrogens with one attached hydrogen (secondary N) is 1. The summed E-state index contributed by atoms with van der Waals surface area (Å²) in [5, 5.41) is 4.46. The molecule has 1 N–H and O–H groups in total. The number of hydrogen-bond acceptors (Lipinski definition) is 5. The van der Waals surface area contributed by atoms with Crippen LogP contribution in [0, 0.1) is 6.92 Å². The lowest BCUT2D eigenvalue weighted by atomic mass is 10.2. The van der Waals surface area contributed by atoms with Crippen LogP contribution >= 0.6 is 11.3 Å². The highest BCUT2D eigenvalue weighted by molar-refractivity contribution is 7.11. The second-order valence-corrected chi connectivity index (χ2v) is 6.98. The lowest BCUT2D eigenvalue weighted by molar-refractivity contribution is 0.0196. The van der Waals surface area contributed by atoms with E-state index in [0.717, 1.165) is 11.6 Å². The van der Waals surface area contributed by atoms with Gasteiger partial charge in [-0.1, -0.05) is 0 Å². The Morgan fingerprint density at radius 2 is 2.32 bits per heavy atom. The maximum Gasteiger partial charge on any atom is 0.410 e. The predicted octanol–water partition coefficient (Wildman–Crippen LogP) is 2.33. The van der Waals surface area contributed by atoms with Crippen LogP contribution in [0.1, 0.15) is 36.7 Å². The van der Waals surface area contributed by atoms with Crippen molar-refractivity contribution in [3.63, 3.8) is 0 Å². The molecule has 1 aromatic heterocycles. The average Bonchev–Trinajstić information content (AvgIpc) is 2.74. The van der Waals surface area contributed by atoms with E-state index in [1.54, 1.807) is 16.2 Å². The van der Waals surface area contributed by atoms with E-state index in [-0.39, 0.29) is 12.1 Å². The number of carbonyl (C=O) groups excluding carboxylic acids is 1. The molecule has 1 atom stereocenters. The van der Waals surface area contributed by atoms with Gasteiger partial charge >= 0.3 is 6.09 Å². The molecule has 1 amide bonds. The number of rotatable bonds is 1. The number of piperazine rings is 1. The van der Waals surface area contributed by atoms with E-state index in [1.165, 1.54) is 4.88 Å². The minimum Gasteiger partial charge on any atom is -0.444 e. The number of thiazole rings is 1. The van der Waals surface area contributed by atoms with Crippen LogP contribution < -0.4 is 5.32 Å². The van der Waals surface area contributed by atoms with Crippen LogP contribution in [0.25, 0.3) is 0 Å². The quantitative estimate of drug-likeness (QED) is 0.859. The van der Waals surface area contributed by atoms with Crippen molar-refractivity contribution in [2.45, 2.75) is 39.3 Å². The predicted molar refractivity (Wildman–Crippen MR) is 75.4 cm³/mol. The molecule has 1 aliphatic rings. The first-order valence-electron chi connectivity index (χ1n) is 6.49. The van der Waals surface area contributed by atoms with Crippen LogP contribution in [0.4, 0.5) is 4.79 Å². The molecule has 0 aliphatic carbocycles. The molecule has 0 radical (unpaired) electrons. The normalized spacial score (nSPS) is 20.4. The van der Waals surface area contributed by atoms with Gasteiger partial charge in [0, 0.05) is 30.7 Å². The van der Waals surface area contributed by atoms with Gasteiger partial charge in [-0.25, -0.2) is 9.78 Å². The zero-order chi connectivity index (χ0) is 14.0. The van der Waals surface area contributed by atoms with Crippen LogP contribution in [-0.4, -0.2) is 41.2 Å². The van der Waals surface area contributed by atoms with Crippen molar-refractivity contribution in [3.8, 4) is 0 Å². The van der Waals surface area contributed by atoms with E-state index in [4.69, 9.17) is 4.74 Å². The van der Waals surface area contributed by atoms with Crippen molar-refractivity contribution in [1.82, 2.24) is 15.2 Å². The third kappa shape index (κ3) is 3.91. The first kappa shape index (κ1) is 14.3. The summed E-state index contributed by atoms with van der Waals surface area (Å²) in [5.41, 5.74) is -0.446. The van der Waals surface area contributed by atoms with Crippen molar-refractivity contribution in [1.29, 1.82) is 0 Å². The lowest BCUT2D eigenvalue weighted by Crippen LogP contribution is -2.49. The summed E-state index contributed by atoms with van der Waals surface area (Å²) in [6.07, 6.45) is 1.65. The van der Waals surface area contributed by atoms with Crippen molar-refractivity contribution in [2.24, 2.45) is 0 Å². The third-order valence-electron chi connectivity index (χ3n) is 2.81. The first-order chi connectivity index (χ1) is 8.85. The van der Waals surface area contributed by atoms with E-state index in [9.17, 15) is 4.79 Å². The Labute approximate surface area is 118 Å². The highest BCUT2D eigenvalue weighted by Gasteiger charge is 2.28. The fourth-order valence-corrected chi connectivity index (χ4v) is 2.82. The molecule has 0 saturated carbocycles. The number of nitrogens with zero attached hydrogens (tertiary/aromatic N) is 2. The van der Waals surface area contributed by atoms with Gasteiger partial charge in [-0.2, -0.15) is 0 Å². The molecule has 1 aromatic rings. The van der Waals surface area contributed by atoms with Gasteiger partial charge in [-0.3, -0.25) is 0 Å². The molecule has 1 saturated heterocycles. The van der Waals surface area contributed by atoms with Gasteiger partial charge in [0.15, 0.2) is 0 Å². The molecule has 0 spiro atoms. The zero-order valence-corrected chi connectivity index (χ0v) is 12.7. The molecule has 2 heterocycles. The molecule has 0 aromatic carbocycles. The minimum absolute atomic E-state index is 0.160. The SMILES string of the molecule is Cc1ncc(C2CN(C(=O)OC(C)(C)C)CCN2)s1. The molecule has 106 valence electrons. The highest BCUT2D eigenvalue weighted by Crippen LogP contribution is 2.23. The van der Waals surface area contributed by atoms with Crippen LogP contribution in [0.3, 0.4) is 0 Å². The lowest BCUT2D eigenvalue weighted by Gasteiger charge is -2.34. The van der Waals surface area contributed by atoms with Gasteiger partial charge in [-0.05, 0) is 27.7 Å². The smallest absolute Gasteiger partial charge is 0.410 e. The number of amides is 1. The van der Waals surface area contributed by atoms with Gasteiger partial charge in [0.25, 0.3) is 0 Å². The minimum atomic E-state index is -0.446. The topological polar surface area (TPSA) is 54.5 Å². The number of aromatic nitrogens is 1. The largest absolute Gasteiger partial charge is 0.444 e. The van der Waals surface area contributed by atoms with Gasteiger partial charge < -0.3 is 15.0 Å². The number of aryl methyl sites for hydroxylation is 1. The summed E-state index contributed by atoms with van der Waals surface area (Å²) < 4.78 is 5.41. The molecule has 1 unspecified atom stereocenters. The molecule has 2 rings (SSSR count). The maximum atomic E-state index is 12.1. The second kappa shape index (κ2) is 5.46. The molecule has 1 aliphatic heterocycles. The molecular weight excluding hydrogens is 262 g/mol. The Hall–Kier alpha value is -1.14. The maximum absolute atomic E-state index is 12.1. The average molecular weight is 283 g/mol. The summed E-state index contributed by atoms with van der Waals surface area (Å²) in [6, 6.07) is 0.160. The van der Waals surface area contributed by atoms with Crippen molar-refractivity contribution >= 4 is 17.4 Å². The van der Waals surface area contributed by atoms with E-state index in [2.05, 4.69) is 10.3 Å². The molecule has 19 heavy (non-hydrogen) atoms. The van der Waals surface area contributed by atoms with Crippen LogP contribution in [-0.2, 0) is 4.74 Å². The van der Waals surface area contributed by atoms with Crippen LogP contribution in [0.15, 0.2) is 6.20 Å². The Kier molecular flexibility index (Phi) is 4.10. The fraction of sp³-hybridized carbons (Fsp3) is 0.692. The van der Waals surface area contributed by atoms with Crippen LogP contribution in [0.5, 0.6) is 0 Å². The molecule has 5 nitrogen and oxygen atoms in total. The molecular formula is C13H21N3O2S. The standard InChI is InChI=1S/C13H21N3O2S/c1-9-15-7-11(19-9)10-8-16(6-5-14-10)12(17)18-13(2,3)4/h7,10,14H,5-6,8H2,1-4H3. The summed E-state index contributed by atoms with van der Waals surface area (Å²) in [5.74, 6) is 0. The van der Waals surface area contributed by atoms with E-state index >= 15 is 0 Å². The van der Waals surface area contributed by atoms with Crippen LogP contribution in [0.2, 0.25) is 0 Å². The fourth-order valence-electron chi connectivity index (χ4n) is 1.97. The van der Waals surface area contributed by atoms with E-state index < -0.39 is 5.60 Å². The van der Waals surface area contributed by atoms with Crippen molar-refractivity contribution < 1.29 is 9.53 Å². The van der Waals surface area contributed by atoms with Gasteiger partial charge in [0.05, 0.1) is 11.0 Å². The van der Waals surface area contributed by atoms with E-state index in [0.29, 0.717) is 13.1 Å². The molecule has 0 bridgehead atoms. The van der Waals surface area contributed by atoms with Crippen molar-refractivity contribution in [3.05, 3.63) is 16.1 Å². The Morgan fingerprint density at radius 3 is 2.89 bits per heavy atom. The third-order valence-corrected chi connectivity index (χ3v) is 3.84. The number of hydrogen-bond donors (Lipinski definition) is 1. The van der Waals surface area contributed by atoms with Crippen molar-refractivity contribution in [2.75, 3.05) is 19.6 Å². The zero-order valence-electron chi connectivity index (χ0n) is 11.9. The Bertz CT molecular complexity index is 453. The van der Waals surface area contributed by atoms with Gasteiger partial charge in [0.1, 0.15) is 5.60 Å². The van der Waals surface area contributed by atoms with E-state index in [1.807, 2.05) is 33.9 Å². The first-order valence-corrected chi connectivity index (χ1v) is 7.30. The summed E-state index contributed by atoms with van der Waals surface area (Å²) in [6.45, 7) is 9.74. The number of carbonyl (C=O) groups is 1. The van der Waals surface area contributed by atoms with Gasteiger partial charge in [-0.15, -0.1) is 11.3 Å². The second-order valence-electron chi connectivity index (χ2n) is 5.71. The highest BCUT2D eigenvalue weighted by atomic mass is 32.1. The molecule has 1 fully saturated rings. The summed E-state index contributed by atoms with van der Waals surface area (Å²) in [7, 11) is 0. The molecule has 6 heteroatoms. The monoisotopic (exact) mass is 283 g/mol.